The lowest BCUT2D eigenvalue weighted by molar-refractivity contribution is -0.243. The third-order valence-corrected chi connectivity index (χ3v) is 8.52. The van der Waals surface area contributed by atoms with Crippen LogP contribution in [0.1, 0.15) is 52.4 Å². The van der Waals surface area contributed by atoms with Crippen LogP contribution in [-0.4, -0.2) is 52.4 Å². The molecule has 4 aliphatic rings. The molecule has 0 aromatic heterocycles. The summed E-state index contributed by atoms with van der Waals surface area (Å²) in [5.74, 6) is 0.562. The number of hydrogen-bond acceptors (Lipinski definition) is 5. The van der Waals surface area contributed by atoms with Crippen LogP contribution in [0.15, 0.2) is 0 Å². The Morgan fingerprint density at radius 3 is 2.54 bits per heavy atom. The van der Waals surface area contributed by atoms with E-state index in [1.807, 2.05) is 0 Å². The molecule has 1 saturated heterocycles. The van der Waals surface area contributed by atoms with Gasteiger partial charge in [0.2, 0.25) is 0 Å². The molecule has 0 radical (unpaired) electrons. The number of esters is 1. The summed E-state index contributed by atoms with van der Waals surface area (Å²) in [7, 11) is -1.13. The van der Waals surface area contributed by atoms with Crippen molar-refractivity contribution < 1.29 is 23.7 Å². The van der Waals surface area contributed by atoms with Crippen molar-refractivity contribution in [1.29, 1.82) is 0 Å². The van der Waals surface area contributed by atoms with Gasteiger partial charge in [0.25, 0.3) is 0 Å². The molecular formula is C22H40O5Si. The van der Waals surface area contributed by atoms with Gasteiger partial charge in [-0.3, -0.25) is 0 Å². The second kappa shape index (κ2) is 9.15. The molecule has 2 bridgehead atoms. The van der Waals surface area contributed by atoms with Gasteiger partial charge in [0.15, 0.2) is 6.29 Å². The van der Waals surface area contributed by atoms with Gasteiger partial charge in [0.1, 0.15) is 12.7 Å². The van der Waals surface area contributed by atoms with E-state index in [1.54, 1.807) is 0 Å². The molecule has 0 aromatic rings. The molecule has 5 atom stereocenters. The Morgan fingerprint density at radius 1 is 1.14 bits per heavy atom. The minimum Gasteiger partial charge on any atom is -0.460 e. The van der Waals surface area contributed by atoms with Gasteiger partial charge in [-0.2, -0.15) is 0 Å². The zero-order chi connectivity index (χ0) is 20.4. The van der Waals surface area contributed by atoms with Crippen LogP contribution in [0, 0.1) is 17.3 Å². The molecule has 5 nitrogen and oxygen atoms in total. The topological polar surface area (TPSA) is 54.0 Å². The number of rotatable bonds is 8. The second-order valence-corrected chi connectivity index (χ2v) is 16.5. The molecule has 6 heteroatoms. The summed E-state index contributed by atoms with van der Waals surface area (Å²) in [6.45, 7) is 13.1. The van der Waals surface area contributed by atoms with Gasteiger partial charge in [-0.1, -0.05) is 33.5 Å². The predicted octanol–water partition coefficient (Wildman–Crippen LogP) is 4.62. The molecule has 0 spiro atoms. The summed E-state index contributed by atoms with van der Waals surface area (Å²) in [6.07, 6.45) is 6.33. The maximum atomic E-state index is 12.4. The largest absolute Gasteiger partial charge is 0.460 e. The van der Waals surface area contributed by atoms with Gasteiger partial charge >= 0.3 is 5.97 Å². The number of fused-ring (bicyclic) bond motifs is 3. The summed E-state index contributed by atoms with van der Waals surface area (Å²) in [5.41, 5.74) is 0.286. The lowest BCUT2D eigenvalue weighted by Crippen LogP contribution is -2.55. The van der Waals surface area contributed by atoms with Crippen LogP contribution < -0.4 is 0 Å². The van der Waals surface area contributed by atoms with Crippen LogP contribution in [0.3, 0.4) is 0 Å². The van der Waals surface area contributed by atoms with E-state index in [-0.39, 0.29) is 42.4 Å². The van der Waals surface area contributed by atoms with E-state index < -0.39 is 8.07 Å². The molecule has 28 heavy (non-hydrogen) atoms. The molecule has 4 rings (SSSR count). The zero-order valence-corrected chi connectivity index (χ0v) is 19.5. The zero-order valence-electron chi connectivity index (χ0n) is 18.5. The lowest BCUT2D eigenvalue weighted by Gasteiger charge is -2.55. The second-order valence-electron chi connectivity index (χ2n) is 10.9. The quantitative estimate of drug-likeness (QED) is 0.331. The standard InChI is InChI=1S/C22H40O5Si/c1-22(2)14-17-18(26-20(23)15-24-10-11-28(3,4)5)12-16(22)13-19(17)27-21-8-6-7-9-25-21/h16-19,21H,6-15H2,1-5H3/t16-,17-,18+,19-,21+/m0/s1. The molecule has 3 aliphatic carbocycles. The normalized spacial score (nSPS) is 35.0. The fourth-order valence-electron chi connectivity index (χ4n) is 4.96. The van der Waals surface area contributed by atoms with Gasteiger partial charge in [-0.25, -0.2) is 4.79 Å². The van der Waals surface area contributed by atoms with E-state index in [2.05, 4.69) is 33.5 Å². The lowest BCUT2D eigenvalue weighted by atomic mass is 9.55. The summed E-state index contributed by atoms with van der Waals surface area (Å²) in [6, 6.07) is 1.07. The van der Waals surface area contributed by atoms with Crippen LogP contribution in [-0.2, 0) is 23.7 Å². The van der Waals surface area contributed by atoms with Crippen molar-refractivity contribution in [2.75, 3.05) is 19.8 Å². The first-order valence-corrected chi connectivity index (χ1v) is 14.9. The van der Waals surface area contributed by atoms with Crippen LogP contribution in [0.25, 0.3) is 0 Å². The number of ether oxygens (including phenoxy) is 4. The first kappa shape index (κ1) is 22.3. The molecule has 4 fully saturated rings. The van der Waals surface area contributed by atoms with Gasteiger partial charge in [-0.15, -0.1) is 0 Å². The Bertz CT molecular complexity index is 524. The summed E-state index contributed by atoms with van der Waals surface area (Å²) >= 11 is 0. The monoisotopic (exact) mass is 412 g/mol. The van der Waals surface area contributed by atoms with Crippen LogP contribution >= 0.6 is 0 Å². The SMILES string of the molecule is CC1(C)C[C@@H]2[C@@H](O[C@@H]3CCCCO3)C[C@@H]1C[C@H]2OC(=O)COCC[Si](C)(C)C. The summed E-state index contributed by atoms with van der Waals surface area (Å²) in [5, 5.41) is 0. The average Bonchev–Trinajstić information content (AvgIpc) is 2.60. The van der Waals surface area contributed by atoms with Crippen molar-refractivity contribution in [2.24, 2.45) is 17.3 Å². The van der Waals surface area contributed by atoms with E-state index in [9.17, 15) is 4.79 Å². The van der Waals surface area contributed by atoms with Crippen molar-refractivity contribution in [1.82, 2.24) is 0 Å². The molecule has 0 unspecified atom stereocenters. The maximum absolute atomic E-state index is 12.4. The summed E-state index contributed by atoms with van der Waals surface area (Å²) in [4.78, 5) is 12.4. The first-order chi connectivity index (χ1) is 13.1. The Kier molecular flexibility index (Phi) is 7.27. The van der Waals surface area contributed by atoms with Gasteiger partial charge < -0.3 is 18.9 Å². The van der Waals surface area contributed by atoms with Gasteiger partial charge in [0, 0.05) is 27.2 Å². The molecule has 1 aliphatic heterocycles. The van der Waals surface area contributed by atoms with Crippen molar-refractivity contribution in [3.8, 4) is 0 Å². The highest BCUT2D eigenvalue weighted by molar-refractivity contribution is 6.76. The molecule has 3 saturated carbocycles. The molecule has 1 heterocycles. The highest BCUT2D eigenvalue weighted by Gasteiger charge is 2.53. The smallest absolute Gasteiger partial charge is 0.332 e. The minimum absolute atomic E-state index is 0.0477. The average molecular weight is 413 g/mol. The van der Waals surface area contributed by atoms with Crippen molar-refractivity contribution in [3.63, 3.8) is 0 Å². The highest BCUT2D eigenvalue weighted by atomic mass is 28.3. The van der Waals surface area contributed by atoms with Crippen LogP contribution in [0.2, 0.25) is 25.7 Å². The third-order valence-electron chi connectivity index (χ3n) is 6.82. The predicted molar refractivity (Wildman–Crippen MR) is 112 cm³/mol. The van der Waals surface area contributed by atoms with Crippen LogP contribution in [0.5, 0.6) is 0 Å². The van der Waals surface area contributed by atoms with E-state index in [1.165, 1.54) is 6.42 Å². The Labute approximate surface area is 171 Å². The Balaban J connectivity index is 1.51. The molecule has 0 N–H and O–H groups in total. The van der Waals surface area contributed by atoms with E-state index in [4.69, 9.17) is 18.9 Å². The van der Waals surface area contributed by atoms with Crippen molar-refractivity contribution in [3.05, 3.63) is 0 Å². The summed E-state index contributed by atoms with van der Waals surface area (Å²) < 4.78 is 23.7. The maximum Gasteiger partial charge on any atom is 0.332 e. The minimum atomic E-state index is -1.13. The third kappa shape index (κ3) is 6.03. The number of hydrogen-bond donors (Lipinski definition) is 0. The fraction of sp³-hybridized carbons (Fsp3) is 0.955. The molecule has 0 amide bonds. The number of carbonyl (C=O) groups excluding carboxylic acids is 1. The van der Waals surface area contributed by atoms with Crippen LogP contribution in [0.4, 0.5) is 0 Å². The first-order valence-electron chi connectivity index (χ1n) is 11.2. The van der Waals surface area contributed by atoms with Gasteiger partial charge in [-0.05, 0) is 55.9 Å². The molecule has 162 valence electrons. The number of carbonyl (C=O) groups is 1. The van der Waals surface area contributed by atoms with Crippen molar-refractivity contribution in [2.45, 2.75) is 96.6 Å². The Morgan fingerprint density at radius 2 is 1.89 bits per heavy atom. The Hall–Kier alpha value is -0.433. The van der Waals surface area contributed by atoms with E-state index in [0.29, 0.717) is 12.5 Å². The van der Waals surface area contributed by atoms with Crippen molar-refractivity contribution >= 4 is 14.0 Å². The molecule has 0 aromatic carbocycles. The van der Waals surface area contributed by atoms with Gasteiger partial charge in [0.05, 0.1) is 6.10 Å². The fourth-order valence-corrected chi connectivity index (χ4v) is 5.72. The van der Waals surface area contributed by atoms with E-state index in [0.717, 1.165) is 44.8 Å². The highest BCUT2D eigenvalue weighted by Crippen LogP contribution is 2.54. The van der Waals surface area contributed by atoms with E-state index >= 15 is 0 Å². The molecular weight excluding hydrogens is 372 g/mol.